The van der Waals surface area contributed by atoms with Crippen LogP contribution in [0.3, 0.4) is 0 Å². The van der Waals surface area contributed by atoms with Crippen LogP contribution in [0.2, 0.25) is 0 Å². The first kappa shape index (κ1) is 10.6. The summed E-state index contributed by atoms with van der Waals surface area (Å²) >= 11 is 0. The van der Waals surface area contributed by atoms with Crippen LogP contribution in [0.5, 0.6) is 0 Å². The van der Waals surface area contributed by atoms with E-state index in [1.807, 2.05) is 49.6 Å². The van der Waals surface area contributed by atoms with Gasteiger partial charge in [0.1, 0.15) is 18.1 Å². The van der Waals surface area contributed by atoms with Gasteiger partial charge in [-0.25, -0.2) is 0 Å². The van der Waals surface area contributed by atoms with Crippen molar-refractivity contribution in [3.05, 3.63) is 55.0 Å². The third-order valence-corrected chi connectivity index (χ3v) is 2.64. The Bertz CT molecular complexity index is 646. The fraction of sp³-hybridized carbons (Fsp3) is 0.0769. The van der Waals surface area contributed by atoms with Crippen molar-refractivity contribution in [3.63, 3.8) is 0 Å². The fourth-order valence-electron chi connectivity index (χ4n) is 1.77. The van der Waals surface area contributed by atoms with Crippen LogP contribution in [0.25, 0.3) is 17.2 Å². The van der Waals surface area contributed by atoms with Gasteiger partial charge in [-0.15, -0.1) is 9.67 Å². The molecule has 0 fully saturated rings. The summed E-state index contributed by atoms with van der Waals surface area (Å²) in [5.74, 6) is 0.787. The molecule has 0 bridgehead atoms. The van der Waals surface area contributed by atoms with Crippen LogP contribution in [0.15, 0.2) is 55.0 Å². The predicted molar refractivity (Wildman–Crippen MR) is 65.8 cm³/mol. The molecule has 5 nitrogen and oxygen atoms in total. The molecule has 0 unspecified atom stereocenters. The van der Waals surface area contributed by atoms with Gasteiger partial charge in [-0.3, -0.25) is 4.98 Å². The zero-order valence-electron chi connectivity index (χ0n) is 9.93. The molecule has 0 spiro atoms. The van der Waals surface area contributed by atoms with Crippen molar-refractivity contribution in [1.29, 1.82) is 0 Å². The van der Waals surface area contributed by atoms with Gasteiger partial charge in [-0.1, -0.05) is 12.1 Å². The summed E-state index contributed by atoms with van der Waals surface area (Å²) in [7, 11) is 1.89. The lowest BCUT2D eigenvalue weighted by atomic mass is 10.3. The van der Waals surface area contributed by atoms with Gasteiger partial charge in [0.15, 0.2) is 5.69 Å². The van der Waals surface area contributed by atoms with Gasteiger partial charge >= 0.3 is 0 Å². The lowest BCUT2D eigenvalue weighted by Crippen LogP contribution is -2.33. The summed E-state index contributed by atoms with van der Waals surface area (Å²) in [5.41, 5.74) is 1.84. The molecule has 18 heavy (non-hydrogen) atoms. The molecule has 3 aromatic rings. The third-order valence-electron chi connectivity index (χ3n) is 2.64. The Morgan fingerprint density at radius 2 is 1.78 bits per heavy atom. The molecule has 0 aromatic carbocycles. The summed E-state index contributed by atoms with van der Waals surface area (Å²) in [6.45, 7) is 0. The van der Waals surface area contributed by atoms with Gasteiger partial charge in [0.05, 0.1) is 7.05 Å². The van der Waals surface area contributed by atoms with E-state index in [4.69, 9.17) is 0 Å². The molecule has 3 rings (SSSR count). The van der Waals surface area contributed by atoms with Crippen molar-refractivity contribution in [2.75, 3.05) is 0 Å². The topological polar surface area (TPSA) is 47.5 Å². The average Bonchev–Trinajstić information content (AvgIpc) is 2.83. The van der Waals surface area contributed by atoms with Crippen LogP contribution in [0.4, 0.5) is 0 Å². The number of hydrogen-bond acceptors (Lipinski definition) is 3. The first-order valence-electron chi connectivity index (χ1n) is 5.63. The zero-order valence-corrected chi connectivity index (χ0v) is 9.93. The molecule has 0 saturated carbocycles. The second kappa shape index (κ2) is 4.37. The van der Waals surface area contributed by atoms with Gasteiger partial charge in [0, 0.05) is 17.5 Å². The predicted octanol–water partition coefficient (Wildman–Crippen LogP) is 1.15. The van der Waals surface area contributed by atoms with Crippen LogP contribution in [0.1, 0.15) is 0 Å². The van der Waals surface area contributed by atoms with E-state index < -0.39 is 0 Å². The summed E-state index contributed by atoms with van der Waals surface area (Å²) in [4.78, 5) is 8.59. The molecule has 3 aromatic heterocycles. The monoisotopic (exact) mass is 238 g/mol. The van der Waals surface area contributed by atoms with Crippen molar-refractivity contribution >= 4 is 0 Å². The highest BCUT2D eigenvalue weighted by molar-refractivity contribution is 5.51. The Kier molecular flexibility index (Phi) is 2.57. The Morgan fingerprint density at radius 3 is 2.44 bits per heavy atom. The molecule has 0 aliphatic heterocycles. The summed E-state index contributed by atoms with van der Waals surface area (Å²) in [6.07, 6.45) is 5.44. The number of hydrogen-bond donors (Lipinski definition) is 0. The van der Waals surface area contributed by atoms with Gasteiger partial charge < -0.3 is 0 Å². The van der Waals surface area contributed by atoms with Crippen molar-refractivity contribution in [3.8, 4) is 17.2 Å². The highest BCUT2D eigenvalue weighted by atomic mass is 15.5. The highest BCUT2D eigenvalue weighted by Gasteiger charge is 2.15. The van der Waals surface area contributed by atoms with Crippen molar-refractivity contribution in [2.24, 2.45) is 7.05 Å². The summed E-state index contributed by atoms with van der Waals surface area (Å²) in [5, 5.41) is 4.39. The van der Waals surface area contributed by atoms with Gasteiger partial charge in [-0.2, -0.15) is 4.68 Å². The number of aromatic nitrogens is 5. The average molecular weight is 238 g/mol. The molecule has 3 heterocycles. The minimum absolute atomic E-state index is 0.787. The van der Waals surface area contributed by atoms with E-state index in [2.05, 4.69) is 15.2 Å². The van der Waals surface area contributed by atoms with E-state index in [1.165, 1.54) is 0 Å². The minimum Gasteiger partial charge on any atom is -0.253 e. The summed E-state index contributed by atoms with van der Waals surface area (Å²) < 4.78 is 3.53. The molecule has 0 aliphatic rings. The molecule has 5 heteroatoms. The normalized spacial score (nSPS) is 10.5. The molecule has 0 saturated heterocycles. The smallest absolute Gasteiger partial charge is 0.253 e. The Morgan fingerprint density at radius 1 is 1.00 bits per heavy atom. The van der Waals surface area contributed by atoms with Gasteiger partial charge in [-0.05, 0) is 18.2 Å². The molecular formula is C13H12N5+. The van der Waals surface area contributed by atoms with Crippen LogP contribution >= 0.6 is 0 Å². The molecule has 0 aliphatic carbocycles. The molecule has 0 radical (unpaired) electrons. The molecular weight excluding hydrogens is 226 g/mol. The number of nitrogens with zero attached hydrogens (tertiary/aromatic N) is 5. The highest BCUT2D eigenvalue weighted by Crippen LogP contribution is 2.12. The van der Waals surface area contributed by atoms with Crippen LogP contribution in [0, 0.1) is 0 Å². The second-order valence-corrected chi connectivity index (χ2v) is 3.87. The van der Waals surface area contributed by atoms with E-state index in [0.717, 1.165) is 17.2 Å². The lowest BCUT2D eigenvalue weighted by Gasteiger charge is -1.93. The number of rotatable bonds is 2. The van der Waals surface area contributed by atoms with Crippen LogP contribution < -0.4 is 4.68 Å². The fourth-order valence-corrected chi connectivity index (χ4v) is 1.77. The second-order valence-electron chi connectivity index (χ2n) is 3.87. The maximum absolute atomic E-state index is 4.39. The number of aryl methyl sites for hydroxylation is 1. The van der Waals surface area contributed by atoms with Crippen molar-refractivity contribution < 1.29 is 4.68 Å². The third kappa shape index (κ3) is 1.86. The molecule has 88 valence electrons. The lowest BCUT2D eigenvalue weighted by molar-refractivity contribution is -0.664. The first-order chi connectivity index (χ1) is 8.84. The van der Waals surface area contributed by atoms with E-state index in [1.54, 1.807) is 21.8 Å². The van der Waals surface area contributed by atoms with Crippen LogP contribution in [-0.2, 0) is 7.05 Å². The Labute approximate surface area is 104 Å². The van der Waals surface area contributed by atoms with Crippen molar-refractivity contribution in [1.82, 2.24) is 19.9 Å². The SMILES string of the molecule is Cn1n[n+](-c2ccccn2)cc1-c1ccccn1. The largest absolute Gasteiger partial charge is 0.285 e. The van der Waals surface area contributed by atoms with Crippen LogP contribution in [-0.4, -0.2) is 19.9 Å². The van der Waals surface area contributed by atoms with Gasteiger partial charge in [0.2, 0.25) is 0 Å². The van der Waals surface area contributed by atoms with E-state index in [-0.39, 0.29) is 0 Å². The Balaban J connectivity index is 2.07. The van der Waals surface area contributed by atoms with Crippen molar-refractivity contribution in [2.45, 2.75) is 0 Å². The maximum Gasteiger partial charge on any atom is 0.285 e. The molecule has 0 N–H and O–H groups in total. The Hall–Kier alpha value is -2.56. The van der Waals surface area contributed by atoms with E-state index in [9.17, 15) is 0 Å². The van der Waals surface area contributed by atoms with E-state index >= 15 is 0 Å². The molecule has 0 atom stereocenters. The van der Waals surface area contributed by atoms with E-state index in [0.29, 0.717) is 0 Å². The molecule has 0 amide bonds. The summed E-state index contributed by atoms with van der Waals surface area (Å²) in [6, 6.07) is 11.5. The zero-order chi connectivity index (χ0) is 12.4. The minimum atomic E-state index is 0.787. The number of pyridine rings is 2. The maximum atomic E-state index is 4.39. The first-order valence-corrected chi connectivity index (χ1v) is 5.63. The quantitative estimate of drug-likeness (QED) is 0.629. The standard InChI is InChI=1S/C13H12N5/c1-17-12(11-6-2-4-8-14-11)10-18(16-17)13-7-3-5-9-15-13/h2-10H,1H3/q+1. The van der Waals surface area contributed by atoms with Gasteiger partial charge in [0.25, 0.3) is 5.82 Å².